The van der Waals surface area contributed by atoms with Crippen molar-refractivity contribution in [2.45, 2.75) is 59.2 Å². The molecule has 0 unspecified atom stereocenters. The van der Waals surface area contributed by atoms with Crippen molar-refractivity contribution in [2.24, 2.45) is 0 Å². The number of nitrogens with zero attached hydrogens (tertiary/aromatic N) is 3. The van der Waals surface area contributed by atoms with E-state index in [0.717, 1.165) is 72.6 Å². The summed E-state index contributed by atoms with van der Waals surface area (Å²) in [4.78, 5) is 17.7. The van der Waals surface area contributed by atoms with Crippen LogP contribution in [0.5, 0.6) is 5.75 Å². The normalized spacial score (nSPS) is 14.6. The molecule has 2 aromatic heterocycles. The monoisotopic (exact) mass is 437 g/mol. The number of hydrogen-bond acceptors (Lipinski definition) is 6. The minimum absolute atomic E-state index is 0.0171. The van der Waals surface area contributed by atoms with Gasteiger partial charge < -0.3 is 20.5 Å². The number of benzene rings is 1. The van der Waals surface area contributed by atoms with Crippen LogP contribution in [0.25, 0.3) is 11.0 Å². The second kappa shape index (κ2) is 9.56. The van der Waals surface area contributed by atoms with Gasteiger partial charge in [0.15, 0.2) is 5.65 Å². The zero-order chi connectivity index (χ0) is 22.7. The average molecular weight is 438 g/mol. The van der Waals surface area contributed by atoms with Crippen molar-refractivity contribution in [3.8, 4) is 5.75 Å². The maximum Gasteiger partial charge on any atom is 0.255 e. The van der Waals surface area contributed by atoms with Crippen molar-refractivity contribution in [3.05, 3.63) is 46.8 Å². The van der Waals surface area contributed by atoms with Gasteiger partial charge in [-0.25, -0.2) is 9.67 Å². The molecule has 1 aliphatic rings. The first-order valence-corrected chi connectivity index (χ1v) is 11.3. The number of aromatic nitrogens is 3. The summed E-state index contributed by atoms with van der Waals surface area (Å²) in [7, 11) is 0. The summed E-state index contributed by atoms with van der Waals surface area (Å²) in [5.74, 6) is -0.331. The maximum atomic E-state index is 12.8. The van der Waals surface area contributed by atoms with Crippen molar-refractivity contribution < 1.29 is 14.6 Å². The number of phenolic OH excluding ortho intramolecular Hbond substituents is 1. The third-order valence-electron chi connectivity index (χ3n) is 6.00. The van der Waals surface area contributed by atoms with Crippen molar-refractivity contribution >= 4 is 22.6 Å². The molecule has 3 aromatic rings. The summed E-state index contributed by atoms with van der Waals surface area (Å²) < 4.78 is 7.42. The molecule has 4 rings (SSSR count). The number of nitrogens with one attached hydrogen (secondary N) is 2. The Labute approximate surface area is 188 Å². The Hall–Kier alpha value is -3.13. The molecule has 8 nitrogen and oxygen atoms in total. The minimum atomic E-state index is -0.314. The van der Waals surface area contributed by atoms with E-state index in [1.807, 2.05) is 30.8 Å². The Morgan fingerprint density at radius 2 is 2.06 bits per heavy atom. The Balaban J connectivity index is 1.69. The summed E-state index contributed by atoms with van der Waals surface area (Å²) in [6.07, 6.45) is 4.44. The lowest BCUT2D eigenvalue weighted by Crippen LogP contribution is -2.30. The molecule has 1 amide bonds. The van der Waals surface area contributed by atoms with Gasteiger partial charge in [-0.15, -0.1) is 0 Å². The standard InChI is InChI=1S/C24H31N5O3/c1-4-20-18(13-25-24(31)17-7-6-15(3)12-21(17)30)22(27-16-8-10-32-11-9-16)19-14-26-29(5-2)23(19)28-20/h6-7,12,14,16,30H,4-5,8-11,13H2,1-3H3,(H,25,31)(H,27,28). The van der Waals surface area contributed by atoms with Gasteiger partial charge in [0, 0.05) is 43.6 Å². The zero-order valence-electron chi connectivity index (χ0n) is 18.9. The van der Waals surface area contributed by atoms with Gasteiger partial charge in [-0.1, -0.05) is 13.0 Å². The van der Waals surface area contributed by atoms with Gasteiger partial charge in [-0.3, -0.25) is 4.79 Å². The van der Waals surface area contributed by atoms with E-state index < -0.39 is 0 Å². The van der Waals surface area contributed by atoms with Crippen molar-refractivity contribution in [2.75, 3.05) is 18.5 Å². The SMILES string of the molecule is CCc1nc2c(cnn2CC)c(NC2CCOCC2)c1CNC(=O)c1ccc(C)cc1O. The fourth-order valence-corrected chi connectivity index (χ4v) is 4.20. The highest BCUT2D eigenvalue weighted by molar-refractivity contribution is 5.97. The van der Waals surface area contributed by atoms with Gasteiger partial charge in [0.1, 0.15) is 5.75 Å². The molecule has 1 fully saturated rings. The van der Waals surface area contributed by atoms with Crippen LogP contribution in [-0.2, 0) is 24.2 Å². The highest BCUT2D eigenvalue weighted by Gasteiger charge is 2.22. The fourth-order valence-electron chi connectivity index (χ4n) is 4.20. The first kappa shape index (κ1) is 22.1. The molecule has 0 bridgehead atoms. The number of phenols is 1. The predicted molar refractivity (Wildman–Crippen MR) is 124 cm³/mol. The topological polar surface area (TPSA) is 101 Å². The van der Waals surface area contributed by atoms with E-state index in [9.17, 15) is 9.90 Å². The van der Waals surface area contributed by atoms with Gasteiger partial charge in [0.05, 0.1) is 22.8 Å². The number of amides is 1. The van der Waals surface area contributed by atoms with Gasteiger partial charge in [-0.05, 0) is 50.8 Å². The molecular weight excluding hydrogens is 406 g/mol. The lowest BCUT2D eigenvalue weighted by atomic mass is 10.0. The van der Waals surface area contributed by atoms with Crippen LogP contribution >= 0.6 is 0 Å². The Kier molecular flexibility index (Phi) is 6.60. The Morgan fingerprint density at radius 1 is 1.28 bits per heavy atom. The zero-order valence-corrected chi connectivity index (χ0v) is 18.9. The van der Waals surface area contributed by atoms with Crippen LogP contribution in [-0.4, -0.2) is 45.0 Å². The van der Waals surface area contributed by atoms with Gasteiger partial charge in [0.25, 0.3) is 5.91 Å². The number of fused-ring (bicyclic) bond motifs is 1. The molecule has 1 aliphatic heterocycles. The molecule has 170 valence electrons. The molecule has 32 heavy (non-hydrogen) atoms. The molecule has 0 atom stereocenters. The quantitative estimate of drug-likeness (QED) is 0.523. The number of hydrogen-bond donors (Lipinski definition) is 3. The highest BCUT2D eigenvalue weighted by Crippen LogP contribution is 2.31. The number of anilines is 1. The van der Waals surface area contributed by atoms with Crippen molar-refractivity contribution in [3.63, 3.8) is 0 Å². The third kappa shape index (κ3) is 4.41. The lowest BCUT2D eigenvalue weighted by molar-refractivity contribution is 0.0904. The van der Waals surface area contributed by atoms with E-state index in [1.54, 1.807) is 12.1 Å². The van der Waals surface area contributed by atoms with Crippen LogP contribution < -0.4 is 10.6 Å². The number of pyridine rings is 1. The van der Waals surface area contributed by atoms with E-state index in [2.05, 4.69) is 22.7 Å². The average Bonchev–Trinajstić information content (AvgIpc) is 3.21. The number of aryl methyl sites for hydroxylation is 3. The van der Waals surface area contributed by atoms with E-state index in [4.69, 9.17) is 9.72 Å². The summed E-state index contributed by atoms with van der Waals surface area (Å²) in [6.45, 7) is 8.50. The minimum Gasteiger partial charge on any atom is -0.507 e. The van der Waals surface area contributed by atoms with Crippen LogP contribution in [0.1, 0.15) is 53.9 Å². The fraction of sp³-hybridized carbons (Fsp3) is 0.458. The van der Waals surface area contributed by atoms with Gasteiger partial charge in [0.2, 0.25) is 0 Å². The molecule has 3 N–H and O–H groups in total. The number of carbonyl (C=O) groups excluding carboxylic acids is 1. The largest absolute Gasteiger partial charge is 0.507 e. The lowest BCUT2D eigenvalue weighted by Gasteiger charge is -2.26. The summed E-state index contributed by atoms with van der Waals surface area (Å²) in [5.41, 5.74) is 4.88. The molecule has 0 aliphatic carbocycles. The summed E-state index contributed by atoms with van der Waals surface area (Å²) >= 11 is 0. The number of aromatic hydroxyl groups is 1. The van der Waals surface area contributed by atoms with E-state index >= 15 is 0 Å². The summed E-state index contributed by atoms with van der Waals surface area (Å²) in [6, 6.07) is 5.35. The molecule has 0 radical (unpaired) electrons. The Bertz CT molecular complexity index is 1120. The molecule has 8 heteroatoms. The highest BCUT2D eigenvalue weighted by atomic mass is 16.5. The molecular formula is C24H31N5O3. The van der Waals surface area contributed by atoms with Crippen LogP contribution in [0.3, 0.4) is 0 Å². The number of ether oxygens (including phenoxy) is 1. The first-order valence-electron chi connectivity index (χ1n) is 11.3. The van der Waals surface area contributed by atoms with Crippen molar-refractivity contribution in [1.82, 2.24) is 20.1 Å². The molecule has 3 heterocycles. The molecule has 0 spiro atoms. The van der Waals surface area contributed by atoms with Crippen molar-refractivity contribution in [1.29, 1.82) is 0 Å². The maximum absolute atomic E-state index is 12.8. The summed E-state index contributed by atoms with van der Waals surface area (Å²) in [5, 5.41) is 22.4. The van der Waals surface area contributed by atoms with Crippen LogP contribution in [0, 0.1) is 6.92 Å². The second-order valence-corrected chi connectivity index (χ2v) is 8.20. The van der Waals surface area contributed by atoms with Gasteiger partial charge >= 0.3 is 0 Å². The van der Waals surface area contributed by atoms with Gasteiger partial charge in [-0.2, -0.15) is 5.10 Å². The second-order valence-electron chi connectivity index (χ2n) is 8.20. The van der Waals surface area contributed by atoms with Crippen LogP contribution in [0.15, 0.2) is 24.4 Å². The smallest absolute Gasteiger partial charge is 0.255 e. The van der Waals surface area contributed by atoms with Crippen LogP contribution in [0.2, 0.25) is 0 Å². The predicted octanol–water partition coefficient (Wildman–Crippen LogP) is 3.55. The molecule has 1 aromatic carbocycles. The van der Waals surface area contributed by atoms with E-state index in [1.165, 1.54) is 0 Å². The van der Waals surface area contributed by atoms with E-state index in [0.29, 0.717) is 12.6 Å². The molecule has 0 saturated carbocycles. The Morgan fingerprint density at radius 3 is 2.75 bits per heavy atom. The number of carbonyl (C=O) groups is 1. The molecule has 1 saturated heterocycles. The third-order valence-corrected chi connectivity index (χ3v) is 6.00. The van der Waals surface area contributed by atoms with E-state index in [-0.39, 0.29) is 17.2 Å². The number of rotatable bonds is 7. The first-order chi connectivity index (χ1) is 15.5. The van der Waals surface area contributed by atoms with Crippen LogP contribution in [0.4, 0.5) is 5.69 Å².